The van der Waals surface area contributed by atoms with Crippen LogP contribution in [0.1, 0.15) is 219 Å². The van der Waals surface area contributed by atoms with E-state index in [-0.39, 0.29) is 74.3 Å². The van der Waals surface area contributed by atoms with E-state index in [2.05, 4.69) is 60.1 Å². The number of thioether (sulfide) groups is 2. The molecule has 14 atom stereocenters. The lowest BCUT2D eigenvalue weighted by atomic mass is 10.0. The topological polar surface area (TPSA) is 527 Å². The Morgan fingerprint density at radius 2 is 0.983 bits per heavy atom. The van der Waals surface area contributed by atoms with Gasteiger partial charge in [-0.15, -0.1) is 0 Å². The van der Waals surface area contributed by atoms with Crippen molar-refractivity contribution in [2.24, 2.45) is 11.7 Å². The molecule has 2 bridgehead atoms. The minimum Gasteiger partial charge on any atom is -0.481 e. The molecule has 3 saturated heterocycles. The molecule has 16 N–H and O–H groups in total. The van der Waals surface area contributed by atoms with Gasteiger partial charge in [-0.2, -0.15) is 23.5 Å². The summed E-state index contributed by atoms with van der Waals surface area (Å²) in [5.41, 5.74) is 6.84. The molecule has 0 radical (unpaired) electrons. The fourth-order valence-electron chi connectivity index (χ4n) is 14.8. The van der Waals surface area contributed by atoms with Crippen LogP contribution in [0.2, 0.25) is 0 Å². The fourth-order valence-corrected chi connectivity index (χ4v) is 17.0. The lowest BCUT2D eigenvalue weighted by Crippen LogP contribution is -2.61. The van der Waals surface area contributed by atoms with Crippen molar-refractivity contribution < 1.29 is 106 Å². The molecule has 116 heavy (non-hydrogen) atoms. The van der Waals surface area contributed by atoms with Crippen molar-refractivity contribution in [3.63, 3.8) is 0 Å². The molecule has 0 aromatic heterocycles. The molecule has 14 amide bonds. The Hall–Kier alpha value is -9.20. The maximum Gasteiger partial charge on any atom is 0.305 e. The number of carboxylic acids is 3. The highest BCUT2D eigenvalue weighted by Crippen LogP contribution is 2.30. The number of nitrogens with one attached hydrogen (secondary N) is 10. The number of aliphatic hydroxyl groups is 1. The van der Waals surface area contributed by atoms with E-state index in [0.717, 1.165) is 62.6 Å². The van der Waals surface area contributed by atoms with Crippen LogP contribution in [0.25, 0.3) is 0 Å². The molecule has 3 fully saturated rings. The number of aliphatic carboxylic acids is 3. The quantitative estimate of drug-likeness (QED) is 0.0467. The monoisotopic (exact) mass is 1670 g/mol. The SMILES string of the molecule is CCCCCCCCCCCCCCCCCC(=O)N[C@H]1C[C@H]2C(=O)N[C@@H](CCC(N)=O)C(=O)N[C@H]3CSCc4ccccc4CSC[C@H](NC(=O)[C@H](CCC(=O)O)NC(=O)CNC(=O)[C@H]([C@@H](C)O)NC(=O)[C@H](CCC(=O)O)NC(=O)[C@@H]4C[C@H](F)CN4C(=O)[C@H](CC(=O)O)NC3=O)C(=O)N[C@@H](CC(C)C)C(=O)N3CCC[C@@H]3C(=O)N2C1. The van der Waals surface area contributed by atoms with Gasteiger partial charge in [-0.3, -0.25) is 81.5 Å². The van der Waals surface area contributed by atoms with Crippen molar-refractivity contribution in [3.05, 3.63) is 35.4 Å². The zero-order chi connectivity index (χ0) is 85.1. The average Bonchev–Trinajstić information content (AvgIpc) is 1.55. The third-order valence-electron chi connectivity index (χ3n) is 21.1. The Morgan fingerprint density at radius 1 is 0.517 bits per heavy atom. The number of carbonyl (C=O) groups excluding carboxylic acids is 14. The van der Waals surface area contributed by atoms with E-state index in [0.29, 0.717) is 22.4 Å². The summed E-state index contributed by atoms with van der Waals surface area (Å²) in [6.45, 7) is 4.51. The molecule has 646 valence electrons. The van der Waals surface area contributed by atoms with E-state index in [9.17, 15) is 73.2 Å². The fraction of sp³-hybridized carbons (Fsp3) is 0.705. The second-order valence-corrected chi connectivity index (χ2v) is 33.1. The molecule has 1 aromatic carbocycles. The number of carboxylic acid groups (broad SMARTS) is 3. The number of rotatable bonds is 31. The van der Waals surface area contributed by atoms with Gasteiger partial charge >= 0.3 is 17.9 Å². The molecule has 35 nitrogen and oxygen atoms in total. The molecule has 5 aliphatic rings. The molecule has 38 heteroatoms. The zero-order valence-corrected chi connectivity index (χ0v) is 68.4. The van der Waals surface area contributed by atoms with E-state index in [1.54, 1.807) is 38.1 Å². The van der Waals surface area contributed by atoms with Gasteiger partial charge in [-0.25, -0.2) is 4.39 Å². The summed E-state index contributed by atoms with van der Waals surface area (Å²) in [6.07, 6.45) is 6.78. The van der Waals surface area contributed by atoms with E-state index < -0.39 is 250 Å². The molecule has 1 aromatic rings. The minimum absolute atomic E-state index is 0.00853. The van der Waals surface area contributed by atoms with E-state index in [1.807, 2.05) is 0 Å². The molecule has 5 heterocycles. The summed E-state index contributed by atoms with van der Waals surface area (Å²) >= 11 is 2.10. The van der Waals surface area contributed by atoms with Gasteiger partial charge in [-0.05, 0) is 75.3 Å². The summed E-state index contributed by atoms with van der Waals surface area (Å²) in [6, 6.07) is -13.3. The summed E-state index contributed by atoms with van der Waals surface area (Å²) in [5, 5.41) is 65.6. The number of aliphatic hydroxyl groups excluding tert-OH is 1. The van der Waals surface area contributed by atoms with Crippen LogP contribution in [-0.2, 0) is 93.0 Å². The summed E-state index contributed by atoms with van der Waals surface area (Å²) in [4.78, 5) is 243. The lowest BCUT2D eigenvalue weighted by molar-refractivity contribution is -0.148. The Bertz CT molecular complexity index is 3600. The van der Waals surface area contributed by atoms with E-state index >= 15 is 33.2 Å². The molecule has 0 spiro atoms. The minimum atomic E-state index is -2.17. The number of benzene rings is 1. The Kier molecular flexibility index (Phi) is 40.5. The maximum atomic E-state index is 15.8. The smallest absolute Gasteiger partial charge is 0.305 e. The van der Waals surface area contributed by atoms with Crippen LogP contribution in [0.15, 0.2) is 24.3 Å². The number of carbonyl (C=O) groups is 17. The lowest BCUT2D eigenvalue weighted by Gasteiger charge is -2.34. The molecule has 5 aliphatic heterocycles. The van der Waals surface area contributed by atoms with Crippen LogP contribution in [0.3, 0.4) is 0 Å². The first kappa shape index (κ1) is 95.6. The first-order valence-electron chi connectivity index (χ1n) is 40.6. The maximum absolute atomic E-state index is 15.8. The normalized spacial score (nSPS) is 26.0. The molecular weight excluding hydrogens is 1550 g/mol. The van der Waals surface area contributed by atoms with Crippen molar-refractivity contribution in [2.45, 2.75) is 304 Å². The summed E-state index contributed by atoms with van der Waals surface area (Å²) in [7, 11) is 0. The number of unbranched alkanes of at least 4 members (excludes halogenated alkanes) is 14. The number of hydrogen-bond donors (Lipinski definition) is 15. The first-order chi connectivity index (χ1) is 55.2. The largest absolute Gasteiger partial charge is 0.481 e. The van der Waals surface area contributed by atoms with Crippen LogP contribution in [-0.4, -0.2) is 258 Å². The number of alkyl halides is 1. The Morgan fingerprint density at radius 3 is 1.48 bits per heavy atom. The number of nitrogens with zero attached hydrogens (tertiary/aromatic N) is 3. The number of amides is 14. The van der Waals surface area contributed by atoms with E-state index in [1.165, 1.54) is 67.6 Å². The van der Waals surface area contributed by atoms with Crippen molar-refractivity contribution in [3.8, 4) is 0 Å². The Labute approximate surface area is 683 Å². The average molecular weight is 1670 g/mol. The third-order valence-corrected chi connectivity index (χ3v) is 23.2. The van der Waals surface area contributed by atoms with E-state index in [4.69, 9.17) is 5.73 Å². The van der Waals surface area contributed by atoms with Crippen molar-refractivity contribution in [1.82, 2.24) is 67.9 Å². The zero-order valence-electron chi connectivity index (χ0n) is 66.8. The predicted molar refractivity (Wildman–Crippen MR) is 424 cm³/mol. The highest BCUT2D eigenvalue weighted by Gasteiger charge is 2.49. The molecule has 0 saturated carbocycles. The first-order valence-corrected chi connectivity index (χ1v) is 42.9. The third kappa shape index (κ3) is 31.7. The molecule has 0 unspecified atom stereocenters. The number of halogens is 1. The van der Waals surface area contributed by atoms with Crippen molar-refractivity contribution >= 4 is 124 Å². The summed E-state index contributed by atoms with van der Waals surface area (Å²) in [5.74, 6) is -20.3. The van der Waals surface area contributed by atoms with Crippen LogP contribution in [0, 0.1) is 5.92 Å². The van der Waals surface area contributed by atoms with Crippen LogP contribution >= 0.6 is 23.5 Å². The van der Waals surface area contributed by atoms with Gasteiger partial charge in [0.05, 0.1) is 25.6 Å². The van der Waals surface area contributed by atoms with Crippen LogP contribution in [0.5, 0.6) is 0 Å². The van der Waals surface area contributed by atoms with Gasteiger partial charge in [0.15, 0.2) is 0 Å². The number of primary amides is 1. The highest BCUT2D eigenvalue weighted by molar-refractivity contribution is 7.99. The van der Waals surface area contributed by atoms with Crippen LogP contribution < -0.4 is 58.9 Å². The van der Waals surface area contributed by atoms with Crippen LogP contribution in [0.4, 0.5) is 4.39 Å². The molecule has 0 aliphatic carbocycles. The Balaban J connectivity index is 1.44. The predicted octanol–water partition coefficient (Wildman–Crippen LogP) is 1.35. The number of hydrogen-bond acceptors (Lipinski definition) is 20. The highest BCUT2D eigenvalue weighted by atomic mass is 32.2. The summed E-state index contributed by atoms with van der Waals surface area (Å²) < 4.78 is 15.8. The van der Waals surface area contributed by atoms with Gasteiger partial charge in [0.1, 0.15) is 72.6 Å². The molecule has 6 rings (SSSR count). The van der Waals surface area contributed by atoms with Gasteiger partial charge < -0.3 is 94.0 Å². The van der Waals surface area contributed by atoms with Crippen molar-refractivity contribution in [2.75, 3.05) is 37.7 Å². The second-order valence-electron chi connectivity index (χ2n) is 31.1. The molecular formula is C78H119FN14O21S2. The number of nitrogens with two attached hydrogens (primary N) is 1. The van der Waals surface area contributed by atoms with Gasteiger partial charge in [0.2, 0.25) is 82.7 Å². The standard InChI is InChI=1S/C78H119FN14O21S2/c1-5-6-7-8-9-10-11-12-13-14-15-16-17-18-19-26-62(96)82-50-36-60-74(110)84-52(27-30-61(80)95)69(105)89-57-44-116-42-48-24-21-20-23-47(48)41-115-43-56(71(107)86-54(34-45(2)3)76(112)91-33-22-25-58(91)78(114)93(60)40-50)88-68(104)51(28-31-64(98)99)83-63(97)38-81-75(111)67(46(4)94)90-70(106)53(29-32-65(100)101)85-73(109)59-35-49(79)39-92(59)77(113)55(37-66(102)103)87-72(57)108/h20-21,23-24,45-46,49-60,67,94H,5-19,22,25-44H2,1-4H3,(H2,80,95)(H,81,111)(H,82,96)(H,83,97)(H,84,110)(H,85,109)(H,86,107)(H,87,108)(H,88,104)(H,89,105)(H,90,106)(H,98,99)(H,100,101)(H,102,103)/t46-,49+,50+,51+,52+,53+,54+,55+,56+,57+,58-,59+,60+,67+/m1/s1. The van der Waals surface area contributed by atoms with Gasteiger partial charge in [-0.1, -0.05) is 135 Å². The number of fused-ring (bicyclic) bond motifs is 9. The second kappa shape index (κ2) is 49.1. The van der Waals surface area contributed by atoms with Crippen molar-refractivity contribution in [1.29, 1.82) is 0 Å². The van der Waals surface area contributed by atoms with Gasteiger partial charge in [0, 0.05) is 74.2 Å². The van der Waals surface area contributed by atoms with Gasteiger partial charge in [0.25, 0.3) is 0 Å².